The number of hydrogen-bond acceptors (Lipinski definition) is 2. The van der Waals surface area contributed by atoms with Gasteiger partial charge in [0, 0.05) is 11.8 Å². The van der Waals surface area contributed by atoms with Gasteiger partial charge in [-0.25, -0.2) is 4.39 Å². The van der Waals surface area contributed by atoms with Crippen LogP contribution in [-0.4, -0.2) is 16.5 Å². The second kappa shape index (κ2) is 5.55. The van der Waals surface area contributed by atoms with E-state index in [1.165, 1.54) is 5.57 Å². The average Bonchev–Trinajstić information content (AvgIpc) is 2.85. The fourth-order valence-corrected chi connectivity index (χ4v) is 6.83. The summed E-state index contributed by atoms with van der Waals surface area (Å²) < 4.78 is 14.0. The summed E-state index contributed by atoms with van der Waals surface area (Å²) in [6, 6.07) is 0. The number of carbonyl (C=O) groups is 1. The molecule has 7 atom stereocenters. The van der Waals surface area contributed by atoms with Gasteiger partial charge >= 0.3 is 0 Å². The Morgan fingerprint density at radius 2 is 2.20 bits per heavy atom. The highest BCUT2D eigenvalue weighted by Crippen LogP contribution is 2.67. The fourth-order valence-electron chi connectivity index (χ4n) is 6.83. The molecule has 0 aromatic carbocycles. The van der Waals surface area contributed by atoms with E-state index in [-0.39, 0.29) is 17.6 Å². The molecule has 4 aliphatic rings. The molecule has 3 saturated carbocycles. The van der Waals surface area contributed by atoms with Gasteiger partial charge < -0.3 is 5.11 Å². The largest absolute Gasteiger partial charge is 0.377 e. The minimum absolute atomic E-state index is 0.159. The van der Waals surface area contributed by atoms with Crippen molar-refractivity contribution >= 4 is 5.78 Å². The monoisotopic (exact) mass is 342 g/mol. The molecular weight excluding hydrogens is 315 g/mol. The fraction of sp³-hybridized carbons (Fsp3) is 0.682. The number of aliphatic hydroxyl groups is 1. The van der Waals surface area contributed by atoms with Crippen LogP contribution >= 0.6 is 0 Å². The molecule has 4 rings (SSSR count). The maximum atomic E-state index is 14.0. The second-order valence-electron chi connectivity index (χ2n) is 9.04. The molecular formula is C22H27FO2. The summed E-state index contributed by atoms with van der Waals surface area (Å²) in [5.74, 6) is 4.32. The van der Waals surface area contributed by atoms with Crippen LogP contribution in [0, 0.1) is 47.3 Å². The van der Waals surface area contributed by atoms with Gasteiger partial charge in [0.1, 0.15) is 5.60 Å². The number of allylic oxidation sites excluding steroid dienone is 2. The number of hydrogen-bond donors (Lipinski definition) is 1. The topological polar surface area (TPSA) is 37.3 Å². The summed E-state index contributed by atoms with van der Waals surface area (Å²) in [5.41, 5.74) is 0.421. The SMILES string of the molecule is C#C[C@@]1(O)CC[C@H]2[C@H]3[C@H](/C(=C/F)C[C@@]21C)[C@H]1CCC(=O)C=C1C[C@H]3C. The molecule has 0 aromatic rings. The number of ketones is 1. The predicted molar refractivity (Wildman–Crippen MR) is 95.0 cm³/mol. The second-order valence-corrected chi connectivity index (χ2v) is 9.04. The third-order valence-corrected chi connectivity index (χ3v) is 8.01. The van der Waals surface area contributed by atoms with Crippen LogP contribution in [0.4, 0.5) is 4.39 Å². The molecule has 0 unspecified atom stereocenters. The molecule has 0 bridgehead atoms. The van der Waals surface area contributed by atoms with Crippen molar-refractivity contribution in [3.63, 3.8) is 0 Å². The summed E-state index contributed by atoms with van der Waals surface area (Å²) in [7, 11) is 0. The molecule has 0 spiro atoms. The van der Waals surface area contributed by atoms with E-state index in [2.05, 4.69) is 19.8 Å². The zero-order valence-electron chi connectivity index (χ0n) is 15.1. The molecule has 4 aliphatic carbocycles. The third-order valence-electron chi connectivity index (χ3n) is 8.01. The van der Waals surface area contributed by atoms with Gasteiger partial charge in [-0.15, -0.1) is 6.42 Å². The van der Waals surface area contributed by atoms with E-state index in [9.17, 15) is 14.3 Å². The number of terminal acetylenes is 1. The molecule has 0 aromatic heterocycles. The highest BCUT2D eigenvalue weighted by Gasteiger charge is 2.64. The van der Waals surface area contributed by atoms with Gasteiger partial charge in [0.15, 0.2) is 5.78 Å². The summed E-state index contributed by atoms with van der Waals surface area (Å²) in [5, 5.41) is 11.1. The van der Waals surface area contributed by atoms with Crippen LogP contribution in [0.1, 0.15) is 52.4 Å². The first-order valence-electron chi connectivity index (χ1n) is 9.57. The lowest BCUT2D eigenvalue weighted by Crippen LogP contribution is -2.54. The molecule has 1 N–H and O–H groups in total. The quantitative estimate of drug-likeness (QED) is 0.670. The predicted octanol–water partition coefficient (Wildman–Crippen LogP) is 4.20. The molecule has 0 heterocycles. The Morgan fingerprint density at radius 1 is 1.44 bits per heavy atom. The summed E-state index contributed by atoms with van der Waals surface area (Å²) >= 11 is 0. The summed E-state index contributed by atoms with van der Waals surface area (Å²) in [4.78, 5) is 11.9. The maximum absolute atomic E-state index is 14.0. The number of halogens is 1. The summed E-state index contributed by atoms with van der Waals surface area (Å²) in [6.45, 7) is 4.29. The van der Waals surface area contributed by atoms with Crippen molar-refractivity contribution < 1.29 is 14.3 Å². The molecule has 0 saturated heterocycles. The Hall–Kier alpha value is -1.40. The third kappa shape index (κ3) is 2.16. The molecule has 0 radical (unpaired) electrons. The van der Waals surface area contributed by atoms with Gasteiger partial charge in [0.05, 0.1) is 6.33 Å². The lowest BCUT2D eigenvalue weighted by atomic mass is 9.47. The van der Waals surface area contributed by atoms with Crippen LogP contribution in [0.3, 0.4) is 0 Å². The average molecular weight is 342 g/mol. The van der Waals surface area contributed by atoms with E-state index < -0.39 is 11.0 Å². The van der Waals surface area contributed by atoms with Gasteiger partial charge in [-0.2, -0.15) is 0 Å². The van der Waals surface area contributed by atoms with Gasteiger partial charge in [-0.05, 0) is 73.3 Å². The molecule has 2 nitrogen and oxygen atoms in total. The van der Waals surface area contributed by atoms with Crippen molar-refractivity contribution in [1.29, 1.82) is 0 Å². The Balaban J connectivity index is 1.81. The lowest BCUT2D eigenvalue weighted by molar-refractivity contribution is -0.116. The van der Waals surface area contributed by atoms with E-state index >= 15 is 0 Å². The van der Waals surface area contributed by atoms with Crippen molar-refractivity contribution in [2.45, 2.75) is 58.0 Å². The smallest absolute Gasteiger partial charge is 0.155 e. The molecule has 0 aliphatic heterocycles. The van der Waals surface area contributed by atoms with Gasteiger partial charge in [0.2, 0.25) is 0 Å². The first kappa shape index (κ1) is 17.0. The van der Waals surface area contributed by atoms with Crippen LogP contribution in [0.25, 0.3) is 0 Å². The standard InChI is InChI=1S/C22H27FO2/c1-4-22(25)8-7-18-19-13(2)9-14-10-16(24)5-6-17(14)20(19)15(12-23)11-21(18,22)3/h1,10,12-13,17-20,25H,5-9,11H2,2-3H3/b15-12+/t13-,17+,18+,19+,20-,21+,22-/m1/s1. The zero-order chi connectivity index (χ0) is 18.0. The molecule has 3 fully saturated rings. The Kier molecular flexibility index (Phi) is 3.78. The van der Waals surface area contributed by atoms with Crippen LogP contribution in [0.5, 0.6) is 0 Å². The first-order valence-corrected chi connectivity index (χ1v) is 9.57. The van der Waals surface area contributed by atoms with Crippen LogP contribution < -0.4 is 0 Å². The van der Waals surface area contributed by atoms with Crippen LogP contribution in [-0.2, 0) is 4.79 Å². The minimum Gasteiger partial charge on any atom is -0.377 e. The molecule has 3 heteroatoms. The Labute approximate surface area is 149 Å². The number of carbonyl (C=O) groups excluding carboxylic acids is 1. The van der Waals surface area contributed by atoms with Crippen molar-refractivity contribution in [1.82, 2.24) is 0 Å². The van der Waals surface area contributed by atoms with E-state index in [1.54, 1.807) is 0 Å². The van der Waals surface area contributed by atoms with Crippen molar-refractivity contribution in [2.24, 2.45) is 35.0 Å². The first-order chi connectivity index (χ1) is 11.8. The highest BCUT2D eigenvalue weighted by atomic mass is 19.1. The Bertz CT molecular complexity index is 714. The summed E-state index contributed by atoms with van der Waals surface area (Å²) in [6.07, 6.45) is 12.7. The van der Waals surface area contributed by atoms with E-state index in [0.717, 1.165) is 31.2 Å². The van der Waals surface area contributed by atoms with Crippen LogP contribution in [0.15, 0.2) is 23.6 Å². The van der Waals surface area contributed by atoms with Crippen molar-refractivity contribution in [2.75, 3.05) is 0 Å². The van der Waals surface area contributed by atoms with E-state index in [0.29, 0.717) is 37.0 Å². The van der Waals surface area contributed by atoms with Gasteiger partial charge in [0.25, 0.3) is 0 Å². The lowest BCUT2D eigenvalue weighted by Gasteiger charge is -2.57. The zero-order valence-corrected chi connectivity index (χ0v) is 15.1. The molecule has 25 heavy (non-hydrogen) atoms. The number of rotatable bonds is 0. The minimum atomic E-state index is -1.14. The molecule has 0 amide bonds. The van der Waals surface area contributed by atoms with Gasteiger partial charge in [-0.3, -0.25) is 4.79 Å². The number of fused-ring (bicyclic) bond motifs is 5. The Morgan fingerprint density at radius 3 is 2.88 bits per heavy atom. The molecule has 134 valence electrons. The van der Waals surface area contributed by atoms with Crippen LogP contribution in [0.2, 0.25) is 0 Å². The van der Waals surface area contributed by atoms with Gasteiger partial charge in [-0.1, -0.05) is 25.3 Å². The maximum Gasteiger partial charge on any atom is 0.155 e. The highest BCUT2D eigenvalue weighted by molar-refractivity contribution is 5.91. The van der Waals surface area contributed by atoms with E-state index in [4.69, 9.17) is 6.42 Å². The van der Waals surface area contributed by atoms with Crippen molar-refractivity contribution in [3.8, 4) is 12.3 Å². The normalized spacial score (nSPS) is 50.5. The van der Waals surface area contributed by atoms with E-state index in [1.807, 2.05) is 6.08 Å². The van der Waals surface area contributed by atoms with Crippen molar-refractivity contribution in [3.05, 3.63) is 23.6 Å².